The van der Waals surface area contributed by atoms with Crippen LogP contribution in [0.1, 0.15) is 24.9 Å². The van der Waals surface area contributed by atoms with Crippen molar-refractivity contribution in [1.82, 2.24) is 0 Å². The maximum atomic E-state index is 13.6. The molecular formula is C15H16FIN2. The van der Waals surface area contributed by atoms with Crippen LogP contribution in [0.15, 0.2) is 42.5 Å². The van der Waals surface area contributed by atoms with Gasteiger partial charge in [-0.1, -0.05) is 37.3 Å². The Labute approximate surface area is 126 Å². The molecule has 3 N–H and O–H groups in total. The molecule has 0 aliphatic carbocycles. The van der Waals surface area contributed by atoms with Gasteiger partial charge in [0.1, 0.15) is 5.82 Å². The molecule has 4 heteroatoms. The lowest BCUT2D eigenvalue weighted by Gasteiger charge is -2.20. The smallest absolute Gasteiger partial charge is 0.138 e. The summed E-state index contributed by atoms with van der Waals surface area (Å²) in [5, 5.41) is 3.31. The van der Waals surface area contributed by atoms with Crippen LogP contribution in [0.25, 0.3) is 0 Å². The molecule has 0 spiro atoms. The van der Waals surface area contributed by atoms with E-state index < -0.39 is 0 Å². The van der Waals surface area contributed by atoms with Gasteiger partial charge in [0.2, 0.25) is 0 Å². The summed E-state index contributed by atoms with van der Waals surface area (Å²) in [6.07, 6.45) is 0.900. The molecule has 2 rings (SSSR count). The van der Waals surface area contributed by atoms with Crippen molar-refractivity contribution in [3.63, 3.8) is 0 Å². The third-order valence-corrected chi connectivity index (χ3v) is 3.86. The van der Waals surface area contributed by atoms with Crippen molar-refractivity contribution in [2.45, 2.75) is 19.4 Å². The second kappa shape index (κ2) is 6.23. The number of anilines is 2. The number of benzene rings is 2. The van der Waals surface area contributed by atoms with Crippen molar-refractivity contribution in [2.75, 3.05) is 11.1 Å². The fourth-order valence-corrected chi connectivity index (χ4v) is 2.47. The maximum absolute atomic E-state index is 13.6. The second-order valence-electron chi connectivity index (χ2n) is 4.37. The molecule has 100 valence electrons. The summed E-state index contributed by atoms with van der Waals surface area (Å²) in [4.78, 5) is 0. The minimum absolute atomic E-state index is 0.128. The summed E-state index contributed by atoms with van der Waals surface area (Å²) >= 11 is 1.94. The topological polar surface area (TPSA) is 38.0 Å². The summed E-state index contributed by atoms with van der Waals surface area (Å²) in [7, 11) is 0. The molecule has 0 aliphatic heterocycles. The first-order chi connectivity index (χ1) is 9.11. The fraction of sp³-hybridized carbons (Fsp3) is 0.200. The number of nitrogen functional groups attached to an aromatic ring is 1. The van der Waals surface area contributed by atoms with Gasteiger partial charge in [-0.25, -0.2) is 4.39 Å². The van der Waals surface area contributed by atoms with Gasteiger partial charge in [-0.05, 0) is 40.6 Å². The van der Waals surface area contributed by atoms with Crippen LogP contribution in [0.4, 0.5) is 15.8 Å². The molecule has 0 aromatic heterocycles. The second-order valence-corrected chi connectivity index (χ2v) is 5.53. The number of hydrogen-bond donors (Lipinski definition) is 2. The normalized spacial score (nSPS) is 12.2. The first-order valence-electron chi connectivity index (χ1n) is 6.17. The fourth-order valence-electron chi connectivity index (χ4n) is 1.98. The Bertz CT molecular complexity index is 558. The highest BCUT2D eigenvalue weighted by Gasteiger charge is 2.12. The lowest BCUT2D eigenvalue weighted by molar-refractivity contribution is 0.620. The Morgan fingerprint density at radius 3 is 2.58 bits per heavy atom. The van der Waals surface area contributed by atoms with Gasteiger partial charge >= 0.3 is 0 Å². The lowest BCUT2D eigenvalue weighted by atomic mass is 10.0. The van der Waals surface area contributed by atoms with E-state index in [0.717, 1.165) is 6.42 Å². The summed E-state index contributed by atoms with van der Waals surface area (Å²) in [6.45, 7) is 2.09. The van der Waals surface area contributed by atoms with Gasteiger partial charge in [-0.3, -0.25) is 0 Å². The van der Waals surface area contributed by atoms with E-state index in [1.165, 1.54) is 11.6 Å². The number of hydrogen-bond acceptors (Lipinski definition) is 2. The molecule has 0 heterocycles. The average Bonchev–Trinajstić information content (AvgIpc) is 2.42. The van der Waals surface area contributed by atoms with Gasteiger partial charge in [0.25, 0.3) is 0 Å². The minimum Gasteiger partial charge on any atom is -0.397 e. The molecule has 2 aromatic carbocycles. The molecule has 0 saturated carbocycles. The third kappa shape index (κ3) is 3.37. The van der Waals surface area contributed by atoms with Crippen LogP contribution in [0, 0.1) is 9.39 Å². The van der Waals surface area contributed by atoms with Crippen LogP contribution in [-0.2, 0) is 0 Å². The first kappa shape index (κ1) is 14.1. The zero-order valence-corrected chi connectivity index (χ0v) is 12.8. The molecule has 19 heavy (non-hydrogen) atoms. The Kier molecular flexibility index (Phi) is 4.63. The van der Waals surface area contributed by atoms with Crippen molar-refractivity contribution in [3.05, 3.63) is 57.4 Å². The van der Waals surface area contributed by atoms with E-state index in [1.807, 2.05) is 40.8 Å². The molecule has 0 aliphatic rings. The number of nitrogens with one attached hydrogen (secondary N) is 1. The Hall–Kier alpha value is -1.30. The highest BCUT2D eigenvalue weighted by Crippen LogP contribution is 2.29. The molecule has 1 atom stereocenters. The lowest BCUT2D eigenvalue weighted by Crippen LogP contribution is -2.11. The molecule has 0 bridgehead atoms. The molecule has 2 aromatic rings. The zero-order valence-electron chi connectivity index (χ0n) is 10.7. The molecule has 0 amide bonds. The van der Waals surface area contributed by atoms with Gasteiger partial charge in [0.05, 0.1) is 21.0 Å². The van der Waals surface area contributed by atoms with Crippen LogP contribution in [0.5, 0.6) is 0 Å². The highest BCUT2D eigenvalue weighted by atomic mass is 127. The molecule has 0 saturated heterocycles. The predicted molar refractivity (Wildman–Crippen MR) is 86.6 cm³/mol. The Morgan fingerprint density at radius 2 is 1.95 bits per heavy atom. The van der Waals surface area contributed by atoms with Crippen molar-refractivity contribution in [1.29, 1.82) is 0 Å². The van der Waals surface area contributed by atoms with Gasteiger partial charge in [0, 0.05) is 6.07 Å². The van der Waals surface area contributed by atoms with Crippen LogP contribution >= 0.6 is 22.6 Å². The van der Waals surface area contributed by atoms with Crippen LogP contribution in [0.3, 0.4) is 0 Å². The van der Waals surface area contributed by atoms with E-state index in [0.29, 0.717) is 14.9 Å². The van der Waals surface area contributed by atoms with Gasteiger partial charge in [-0.2, -0.15) is 0 Å². The Balaban J connectivity index is 2.26. The zero-order chi connectivity index (χ0) is 13.8. The van der Waals surface area contributed by atoms with E-state index in [2.05, 4.69) is 24.4 Å². The summed E-state index contributed by atoms with van der Waals surface area (Å²) in [6, 6.07) is 13.3. The third-order valence-electron chi connectivity index (χ3n) is 3.03. The van der Waals surface area contributed by atoms with E-state index in [4.69, 9.17) is 5.73 Å². The SMILES string of the molecule is CCC(Nc1cc(F)c(I)cc1N)c1ccccc1. The molecule has 1 unspecified atom stereocenters. The average molecular weight is 370 g/mol. The van der Waals surface area contributed by atoms with Crippen LogP contribution < -0.4 is 11.1 Å². The largest absolute Gasteiger partial charge is 0.397 e. The van der Waals surface area contributed by atoms with E-state index in [9.17, 15) is 4.39 Å². The van der Waals surface area contributed by atoms with Gasteiger partial charge in [-0.15, -0.1) is 0 Å². The summed E-state index contributed by atoms with van der Waals surface area (Å²) < 4.78 is 14.1. The van der Waals surface area contributed by atoms with Crippen molar-refractivity contribution in [3.8, 4) is 0 Å². The van der Waals surface area contributed by atoms with Crippen LogP contribution in [0.2, 0.25) is 0 Å². The minimum atomic E-state index is -0.250. The standard InChI is InChI=1S/C15H16FIN2/c1-2-14(10-6-4-3-5-7-10)19-15-8-11(16)12(17)9-13(15)18/h3-9,14,19H,2,18H2,1H3. The summed E-state index contributed by atoms with van der Waals surface area (Å²) in [5.74, 6) is -0.250. The number of nitrogens with two attached hydrogens (primary N) is 1. The van der Waals surface area contributed by atoms with Crippen molar-refractivity contribution >= 4 is 34.0 Å². The number of rotatable bonds is 4. The quantitative estimate of drug-likeness (QED) is 0.611. The highest BCUT2D eigenvalue weighted by molar-refractivity contribution is 14.1. The molecule has 0 radical (unpaired) electrons. The molecular weight excluding hydrogens is 354 g/mol. The molecule has 2 nitrogen and oxygen atoms in total. The number of halogens is 2. The Morgan fingerprint density at radius 1 is 1.26 bits per heavy atom. The van der Waals surface area contributed by atoms with Crippen molar-refractivity contribution in [2.24, 2.45) is 0 Å². The predicted octanol–water partition coefficient (Wildman–Crippen LogP) is 4.58. The van der Waals surface area contributed by atoms with E-state index in [-0.39, 0.29) is 11.9 Å². The van der Waals surface area contributed by atoms with Crippen molar-refractivity contribution < 1.29 is 4.39 Å². The van der Waals surface area contributed by atoms with E-state index >= 15 is 0 Å². The molecule has 0 fully saturated rings. The summed E-state index contributed by atoms with van der Waals surface area (Å²) in [5.41, 5.74) is 8.32. The monoisotopic (exact) mass is 370 g/mol. The van der Waals surface area contributed by atoms with Crippen LogP contribution in [-0.4, -0.2) is 0 Å². The maximum Gasteiger partial charge on any atom is 0.138 e. The van der Waals surface area contributed by atoms with E-state index in [1.54, 1.807) is 6.07 Å². The van der Waals surface area contributed by atoms with Gasteiger partial charge < -0.3 is 11.1 Å². The van der Waals surface area contributed by atoms with Gasteiger partial charge in [0.15, 0.2) is 0 Å². The first-order valence-corrected chi connectivity index (χ1v) is 7.25.